The third kappa shape index (κ3) is 2.28. The molecular formula is C13H15BrN2O. The number of rotatable bonds is 2. The van der Waals surface area contributed by atoms with Crippen molar-refractivity contribution in [3.8, 4) is 5.69 Å². The summed E-state index contributed by atoms with van der Waals surface area (Å²) in [5.74, 6) is 0. The van der Waals surface area contributed by atoms with E-state index in [2.05, 4.69) is 21.0 Å². The summed E-state index contributed by atoms with van der Waals surface area (Å²) in [7, 11) is 0. The number of hydrogen-bond donors (Lipinski definition) is 1. The van der Waals surface area contributed by atoms with Crippen LogP contribution in [0.4, 0.5) is 0 Å². The SMILES string of the molecule is Cc1c(C(C)(C)O)cnn1-c1ccccc1Br. The minimum absolute atomic E-state index is 0.841. The van der Waals surface area contributed by atoms with Gasteiger partial charge >= 0.3 is 0 Å². The molecule has 0 aliphatic rings. The Morgan fingerprint density at radius 2 is 1.94 bits per heavy atom. The molecule has 4 heteroatoms. The van der Waals surface area contributed by atoms with Gasteiger partial charge in [0.25, 0.3) is 0 Å². The van der Waals surface area contributed by atoms with Crippen LogP contribution in [0, 0.1) is 6.92 Å². The Morgan fingerprint density at radius 1 is 1.29 bits per heavy atom. The molecule has 0 amide bonds. The predicted molar refractivity (Wildman–Crippen MR) is 71.2 cm³/mol. The number of para-hydroxylation sites is 1. The summed E-state index contributed by atoms with van der Waals surface area (Å²) in [4.78, 5) is 0. The van der Waals surface area contributed by atoms with Gasteiger partial charge in [0.2, 0.25) is 0 Å². The fraction of sp³-hybridized carbons (Fsp3) is 0.308. The minimum atomic E-state index is -0.871. The lowest BCUT2D eigenvalue weighted by molar-refractivity contribution is 0.0779. The molecule has 2 rings (SSSR count). The van der Waals surface area contributed by atoms with Crippen LogP contribution in [0.5, 0.6) is 0 Å². The molecule has 1 aromatic carbocycles. The maximum atomic E-state index is 10.0. The summed E-state index contributed by atoms with van der Waals surface area (Å²) >= 11 is 3.50. The van der Waals surface area contributed by atoms with E-state index in [1.54, 1.807) is 20.0 Å². The molecule has 1 heterocycles. The van der Waals surface area contributed by atoms with Crippen LogP contribution in [0.1, 0.15) is 25.1 Å². The molecule has 0 atom stereocenters. The van der Waals surface area contributed by atoms with Gasteiger partial charge in [-0.1, -0.05) is 12.1 Å². The second-order valence-corrected chi connectivity index (χ2v) is 5.42. The van der Waals surface area contributed by atoms with E-state index >= 15 is 0 Å². The summed E-state index contributed by atoms with van der Waals surface area (Å²) in [6, 6.07) is 7.88. The molecule has 2 aromatic rings. The first-order valence-corrected chi connectivity index (χ1v) is 6.23. The van der Waals surface area contributed by atoms with E-state index in [-0.39, 0.29) is 0 Å². The molecule has 1 N–H and O–H groups in total. The molecule has 0 bridgehead atoms. The Morgan fingerprint density at radius 3 is 2.47 bits per heavy atom. The van der Waals surface area contributed by atoms with Gasteiger partial charge in [0, 0.05) is 15.7 Å². The highest BCUT2D eigenvalue weighted by atomic mass is 79.9. The smallest absolute Gasteiger partial charge is 0.0873 e. The van der Waals surface area contributed by atoms with Gasteiger partial charge in [0.1, 0.15) is 0 Å². The van der Waals surface area contributed by atoms with Gasteiger partial charge in [-0.15, -0.1) is 0 Å². The van der Waals surface area contributed by atoms with Crippen molar-refractivity contribution < 1.29 is 5.11 Å². The van der Waals surface area contributed by atoms with E-state index in [1.165, 1.54) is 0 Å². The molecule has 0 aliphatic carbocycles. The van der Waals surface area contributed by atoms with Crippen molar-refractivity contribution >= 4 is 15.9 Å². The second kappa shape index (κ2) is 4.27. The first-order valence-electron chi connectivity index (χ1n) is 5.43. The molecule has 0 unspecified atom stereocenters. The molecule has 1 aromatic heterocycles. The monoisotopic (exact) mass is 294 g/mol. The van der Waals surface area contributed by atoms with E-state index < -0.39 is 5.60 Å². The molecule has 0 saturated carbocycles. The molecule has 0 aliphatic heterocycles. The Hall–Kier alpha value is -1.13. The van der Waals surface area contributed by atoms with Crippen molar-refractivity contribution in [1.82, 2.24) is 9.78 Å². The molecule has 0 spiro atoms. The molecule has 17 heavy (non-hydrogen) atoms. The van der Waals surface area contributed by atoms with E-state index in [9.17, 15) is 5.11 Å². The van der Waals surface area contributed by atoms with E-state index in [1.807, 2.05) is 35.9 Å². The van der Waals surface area contributed by atoms with Crippen molar-refractivity contribution in [2.45, 2.75) is 26.4 Å². The average molecular weight is 295 g/mol. The topological polar surface area (TPSA) is 38.1 Å². The van der Waals surface area contributed by atoms with Gasteiger partial charge in [-0.25, -0.2) is 4.68 Å². The van der Waals surface area contributed by atoms with Crippen molar-refractivity contribution in [1.29, 1.82) is 0 Å². The maximum Gasteiger partial charge on any atom is 0.0873 e. The molecule has 0 saturated heterocycles. The van der Waals surface area contributed by atoms with Crippen molar-refractivity contribution in [2.24, 2.45) is 0 Å². The van der Waals surface area contributed by atoms with Gasteiger partial charge in [-0.3, -0.25) is 0 Å². The van der Waals surface area contributed by atoms with Crippen LogP contribution in [-0.4, -0.2) is 14.9 Å². The first-order chi connectivity index (χ1) is 7.91. The zero-order valence-corrected chi connectivity index (χ0v) is 11.7. The fourth-order valence-electron chi connectivity index (χ4n) is 1.88. The normalized spacial score (nSPS) is 11.8. The number of hydrogen-bond acceptors (Lipinski definition) is 2. The second-order valence-electron chi connectivity index (χ2n) is 4.57. The average Bonchev–Trinajstić information content (AvgIpc) is 2.60. The number of benzene rings is 1. The van der Waals surface area contributed by atoms with Crippen LogP contribution in [0.15, 0.2) is 34.9 Å². The number of nitrogens with zero attached hydrogens (tertiary/aromatic N) is 2. The number of aliphatic hydroxyl groups is 1. The predicted octanol–water partition coefficient (Wildman–Crippen LogP) is 3.17. The molecule has 0 radical (unpaired) electrons. The van der Waals surface area contributed by atoms with Gasteiger partial charge in [0.05, 0.1) is 17.5 Å². The van der Waals surface area contributed by atoms with Gasteiger partial charge in [0.15, 0.2) is 0 Å². The van der Waals surface area contributed by atoms with E-state index in [4.69, 9.17) is 0 Å². The fourth-order valence-corrected chi connectivity index (χ4v) is 2.33. The van der Waals surface area contributed by atoms with Crippen LogP contribution in [0.25, 0.3) is 5.69 Å². The summed E-state index contributed by atoms with van der Waals surface area (Å²) in [6.45, 7) is 5.49. The molecule has 0 fully saturated rings. The largest absolute Gasteiger partial charge is 0.386 e. The summed E-state index contributed by atoms with van der Waals surface area (Å²) < 4.78 is 2.81. The highest BCUT2D eigenvalue weighted by molar-refractivity contribution is 9.10. The molecular weight excluding hydrogens is 280 g/mol. The highest BCUT2D eigenvalue weighted by Gasteiger charge is 2.22. The lowest BCUT2D eigenvalue weighted by Gasteiger charge is -2.17. The van der Waals surface area contributed by atoms with Crippen LogP contribution in [-0.2, 0) is 5.60 Å². The Kier molecular flexibility index (Phi) is 3.10. The minimum Gasteiger partial charge on any atom is -0.386 e. The quantitative estimate of drug-likeness (QED) is 0.924. The Balaban J connectivity index is 2.56. The third-order valence-corrected chi connectivity index (χ3v) is 3.42. The standard InChI is InChI=1S/C13H15BrN2O/c1-9-10(13(2,3)17)8-15-16(9)12-7-5-4-6-11(12)14/h4-8,17H,1-3H3. The number of aromatic nitrogens is 2. The van der Waals surface area contributed by atoms with Crippen molar-refractivity contribution in [3.63, 3.8) is 0 Å². The first kappa shape index (κ1) is 12.3. The lowest BCUT2D eigenvalue weighted by Crippen LogP contribution is -2.16. The van der Waals surface area contributed by atoms with Gasteiger partial charge < -0.3 is 5.11 Å². The van der Waals surface area contributed by atoms with Gasteiger partial charge in [-0.2, -0.15) is 5.10 Å². The zero-order valence-electron chi connectivity index (χ0n) is 10.1. The van der Waals surface area contributed by atoms with Crippen molar-refractivity contribution in [2.75, 3.05) is 0 Å². The summed E-state index contributed by atoms with van der Waals surface area (Å²) in [6.07, 6.45) is 1.72. The third-order valence-electron chi connectivity index (χ3n) is 2.75. The van der Waals surface area contributed by atoms with Crippen LogP contribution in [0.2, 0.25) is 0 Å². The zero-order chi connectivity index (χ0) is 12.6. The molecule has 3 nitrogen and oxygen atoms in total. The van der Waals surface area contributed by atoms with Crippen LogP contribution in [0.3, 0.4) is 0 Å². The summed E-state index contributed by atoms with van der Waals surface area (Å²) in [5, 5.41) is 14.4. The van der Waals surface area contributed by atoms with Crippen LogP contribution >= 0.6 is 15.9 Å². The maximum absolute atomic E-state index is 10.0. The number of halogens is 1. The van der Waals surface area contributed by atoms with Crippen molar-refractivity contribution in [3.05, 3.63) is 46.2 Å². The Labute approximate surface area is 109 Å². The van der Waals surface area contributed by atoms with Crippen LogP contribution < -0.4 is 0 Å². The van der Waals surface area contributed by atoms with E-state index in [0.717, 1.165) is 21.4 Å². The molecule has 90 valence electrons. The summed E-state index contributed by atoms with van der Waals surface area (Å²) in [5.41, 5.74) is 1.89. The highest BCUT2D eigenvalue weighted by Crippen LogP contribution is 2.27. The lowest BCUT2D eigenvalue weighted by atomic mass is 10.00. The Bertz CT molecular complexity index is 541. The van der Waals surface area contributed by atoms with Gasteiger partial charge in [-0.05, 0) is 48.8 Å². The van der Waals surface area contributed by atoms with E-state index in [0.29, 0.717) is 0 Å².